The van der Waals surface area contributed by atoms with Crippen LogP contribution in [0.2, 0.25) is 0 Å². The molecule has 1 unspecified atom stereocenters. The van der Waals surface area contributed by atoms with Gasteiger partial charge in [0, 0.05) is 37.5 Å². The summed E-state index contributed by atoms with van der Waals surface area (Å²) in [6.07, 6.45) is -13.7. The highest BCUT2D eigenvalue weighted by molar-refractivity contribution is 6.14. The molecule has 0 aliphatic carbocycles. The number of primary amides is 1. The largest absolute Gasteiger partial charge is 0.394 e. The minimum Gasteiger partial charge on any atom is -0.394 e. The minimum atomic E-state index is -2.05. The highest BCUT2D eigenvalue weighted by atomic mass is 16.4. The maximum atomic E-state index is 14.0. The Labute approximate surface area is 391 Å². The van der Waals surface area contributed by atoms with Crippen LogP contribution in [0.5, 0.6) is 0 Å². The molecule has 11 atom stereocenters. The van der Waals surface area contributed by atoms with Gasteiger partial charge in [-0.15, -0.1) is 0 Å². The predicted octanol–water partition coefficient (Wildman–Crippen LogP) is -7.05. The highest BCUT2D eigenvalue weighted by Crippen LogP contribution is 2.15. The molecule has 68 heavy (non-hydrogen) atoms. The molecule has 1 heterocycles. The molecule has 0 spiro atoms. The summed E-state index contributed by atoms with van der Waals surface area (Å²) >= 11 is 0. The number of nitrogens with zero attached hydrogens (tertiary/aromatic N) is 2. The number of aliphatic hydroxyl groups is 11. The van der Waals surface area contributed by atoms with Gasteiger partial charge >= 0.3 is 6.03 Å². The van der Waals surface area contributed by atoms with Gasteiger partial charge in [-0.3, -0.25) is 38.6 Å². The summed E-state index contributed by atoms with van der Waals surface area (Å²) in [7, 11) is 0. The van der Waals surface area contributed by atoms with Crippen LogP contribution in [0.4, 0.5) is 10.5 Å². The van der Waals surface area contributed by atoms with E-state index < -0.39 is 147 Å². The van der Waals surface area contributed by atoms with Gasteiger partial charge < -0.3 is 88.5 Å². The van der Waals surface area contributed by atoms with Crippen molar-refractivity contribution in [2.45, 2.75) is 120 Å². The number of hydrogen-bond donors (Lipinski definition) is 17. The number of hydrogen-bond acceptors (Lipinski definition) is 19. The zero-order valence-electron chi connectivity index (χ0n) is 37.8. The number of carbonyl (C=O) groups excluding carboxylic acids is 7. The summed E-state index contributed by atoms with van der Waals surface area (Å²) in [6, 6.07) is 1.37. The number of amides is 8. The van der Waals surface area contributed by atoms with E-state index in [0.29, 0.717) is 16.2 Å². The first-order valence-electron chi connectivity index (χ1n) is 21.9. The van der Waals surface area contributed by atoms with Crippen molar-refractivity contribution in [2.75, 3.05) is 51.3 Å². The van der Waals surface area contributed by atoms with Gasteiger partial charge in [-0.1, -0.05) is 26.0 Å². The van der Waals surface area contributed by atoms with E-state index in [1.165, 1.54) is 17.0 Å². The van der Waals surface area contributed by atoms with Crippen LogP contribution in [0.25, 0.3) is 0 Å². The van der Waals surface area contributed by atoms with Crippen molar-refractivity contribution in [1.29, 1.82) is 0 Å². The van der Waals surface area contributed by atoms with Gasteiger partial charge in [-0.05, 0) is 62.3 Å². The molecule has 1 aromatic carbocycles. The quantitative estimate of drug-likeness (QED) is 0.0236. The molecule has 384 valence electrons. The van der Waals surface area contributed by atoms with Crippen molar-refractivity contribution in [2.24, 2.45) is 11.7 Å². The fourth-order valence-corrected chi connectivity index (χ4v) is 6.81. The highest BCUT2D eigenvalue weighted by Gasteiger charge is 2.36. The molecular formula is C42H68N8O18. The van der Waals surface area contributed by atoms with E-state index in [4.69, 9.17) is 5.73 Å². The third-order valence-corrected chi connectivity index (χ3v) is 10.9. The lowest BCUT2D eigenvalue weighted by molar-refractivity contribution is -0.141. The Morgan fingerprint density at radius 2 is 1.15 bits per heavy atom. The minimum absolute atomic E-state index is 0.00774. The van der Waals surface area contributed by atoms with Crippen LogP contribution < -0.4 is 32.3 Å². The number of imide groups is 1. The molecule has 1 aromatic rings. The number of urea groups is 1. The zero-order chi connectivity index (χ0) is 51.2. The van der Waals surface area contributed by atoms with E-state index in [9.17, 15) is 89.7 Å². The first-order chi connectivity index (χ1) is 32.0. The SMILES string of the molecule is CC(C)[C@H](NC(=O)[C@H](CCCCN(C[C@H](O)[C@@H](O)[C@H](O)[C@H](O)CO)C[C@H](O)[C@@H](O)[C@H](O)[C@H](O)CO)NC(=O)CN1C(=O)C=CC1=O)C(=O)NC(CCCNC(N)=O)C(=O)Nc1ccc(CO)cc1. The van der Waals surface area contributed by atoms with E-state index in [0.717, 1.165) is 12.2 Å². The molecular weight excluding hydrogens is 904 g/mol. The molecule has 0 bridgehead atoms. The molecule has 0 aromatic heterocycles. The number of nitrogens with two attached hydrogens (primary N) is 1. The number of benzene rings is 1. The Balaban J connectivity index is 2.34. The lowest BCUT2D eigenvalue weighted by Crippen LogP contribution is -2.58. The van der Waals surface area contributed by atoms with E-state index in [1.54, 1.807) is 26.0 Å². The average Bonchev–Trinajstić information content (AvgIpc) is 3.62. The Morgan fingerprint density at radius 3 is 1.63 bits per heavy atom. The number of anilines is 1. The lowest BCUT2D eigenvalue weighted by Gasteiger charge is -2.33. The molecule has 0 radical (unpaired) electrons. The molecule has 2 rings (SSSR count). The third kappa shape index (κ3) is 19.4. The summed E-state index contributed by atoms with van der Waals surface area (Å²) < 4.78 is 0. The zero-order valence-corrected chi connectivity index (χ0v) is 37.8. The van der Waals surface area contributed by atoms with Gasteiger partial charge in [0.05, 0.1) is 32.0 Å². The van der Waals surface area contributed by atoms with Gasteiger partial charge in [0.25, 0.3) is 11.8 Å². The van der Waals surface area contributed by atoms with Crippen LogP contribution in [0.1, 0.15) is 51.5 Å². The van der Waals surface area contributed by atoms with Crippen molar-refractivity contribution in [3.05, 3.63) is 42.0 Å². The van der Waals surface area contributed by atoms with Crippen LogP contribution in [0.3, 0.4) is 0 Å². The van der Waals surface area contributed by atoms with Gasteiger partial charge in [0.15, 0.2) is 0 Å². The van der Waals surface area contributed by atoms with E-state index >= 15 is 0 Å². The molecule has 0 fully saturated rings. The maximum Gasteiger partial charge on any atom is 0.312 e. The molecule has 26 heteroatoms. The van der Waals surface area contributed by atoms with Crippen LogP contribution in [0.15, 0.2) is 36.4 Å². The number of aliphatic hydroxyl groups excluding tert-OH is 11. The Kier molecular flexibility index (Phi) is 25.6. The van der Waals surface area contributed by atoms with E-state index in [1.807, 2.05) is 0 Å². The van der Waals surface area contributed by atoms with Crippen LogP contribution in [-0.4, -0.2) is 220 Å². The van der Waals surface area contributed by atoms with Gasteiger partial charge in [0.2, 0.25) is 23.6 Å². The van der Waals surface area contributed by atoms with Crippen molar-refractivity contribution in [1.82, 2.24) is 31.1 Å². The molecule has 8 amide bonds. The van der Waals surface area contributed by atoms with E-state index in [2.05, 4.69) is 26.6 Å². The fourth-order valence-electron chi connectivity index (χ4n) is 6.81. The number of nitrogens with one attached hydrogen (secondary N) is 5. The first kappa shape index (κ1) is 58.9. The van der Waals surface area contributed by atoms with Crippen LogP contribution in [-0.2, 0) is 35.4 Å². The second-order valence-electron chi connectivity index (χ2n) is 16.6. The molecule has 0 saturated heterocycles. The molecule has 1 aliphatic heterocycles. The molecule has 18 N–H and O–H groups in total. The standard InChI is InChI=1S/C42H68N8O18/c1-22(2)34(41(67)47-26(7-5-14-44-42(43)68)39(65)45-24-10-8-23(19-51)9-11-24)48-40(66)25(46-31(58)18-50-32(59)12-13-33(50)60)6-3-4-15-49(16-27(54)35(61)37(63)29(56)20-52)17-28(55)36(62)38(64)30(57)21-53/h8-13,22,25-30,34-38,51-57,61-64H,3-7,14-21H2,1-2H3,(H,45,65)(H,46,58)(H,47,67)(H,48,66)(H3,43,44,68)/t25-,26?,27-,28-,29+,30+,34-,35+,36+,37+,38+/m0/s1. The van der Waals surface area contributed by atoms with Crippen LogP contribution in [0, 0.1) is 5.92 Å². The van der Waals surface area contributed by atoms with Crippen molar-refractivity contribution in [3.8, 4) is 0 Å². The molecule has 26 nitrogen and oxygen atoms in total. The second kappa shape index (κ2) is 29.6. The predicted molar refractivity (Wildman–Crippen MR) is 237 cm³/mol. The average molecular weight is 973 g/mol. The molecule has 1 aliphatic rings. The number of unbranched alkanes of at least 4 members (excludes halogenated alkanes) is 1. The molecule has 0 saturated carbocycles. The fraction of sp³-hybridized carbons (Fsp3) is 0.643. The van der Waals surface area contributed by atoms with Gasteiger partial charge in [-0.2, -0.15) is 0 Å². The van der Waals surface area contributed by atoms with Crippen molar-refractivity contribution in [3.63, 3.8) is 0 Å². The normalized spacial score (nSPS) is 17.6. The van der Waals surface area contributed by atoms with Gasteiger partial charge in [-0.25, -0.2) is 4.79 Å². The monoisotopic (exact) mass is 972 g/mol. The number of carbonyl (C=O) groups is 7. The van der Waals surface area contributed by atoms with Crippen molar-refractivity contribution < 1.29 is 89.7 Å². The number of rotatable bonds is 32. The van der Waals surface area contributed by atoms with Gasteiger partial charge in [0.1, 0.15) is 61.3 Å². The smallest absolute Gasteiger partial charge is 0.312 e. The Morgan fingerprint density at radius 1 is 0.647 bits per heavy atom. The third-order valence-electron chi connectivity index (χ3n) is 10.9. The Hall–Kier alpha value is -5.23. The summed E-state index contributed by atoms with van der Waals surface area (Å²) in [5, 5.41) is 123. The lowest BCUT2D eigenvalue weighted by atomic mass is 10.00. The summed E-state index contributed by atoms with van der Waals surface area (Å²) in [5.74, 6) is -5.56. The van der Waals surface area contributed by atoms with Crippen molar-refractivity contribution >= 4 is 47.2 Å². The topological polar surface area (TPSA) is 435 Å². The van der Waals surface area contributed by atoms with E-state index in [-0.39, 0.29) is 51.8 Å². The van der Waals surface area contributed by atoms with Crippen LogP contribution >= 0.6 is 0 Å². The first-order valence-corrected chi connectivity index (χ1v) is 21.9. The maximum absolute atomic E-state index is 14.0. The Bertz CT molecular complexity index is 1780. The second-order valence-corrected chi connectivity index (χ2v) is 16.6. The summed E-state index contributed by atoms with van der Waals surface area (Å²) in [6.45, 7) is -1.05. The summed E-state index contributed by atoms with van der Waals surface area (Å²) in [4.78, 5) is 92.2. The summed E-state index contributed by atoms with van der Waals surface area (Å²) in [5.41, 5.74) is 6.06.